The van der Waals surface area contributed by atoms with Crippen LogP contribution in [0.1, 0.15) is 16.2 Å². The number of carbonyl (C=O) groups is 1. The highest BCUT2D eigenvalue weighted by Crippen LogP contribution is 1.97. The summed E-state index contributed by atoms with van der Waals surface area (Å²) in [6, 6.07) is 9.91. The molecule has 1 aromatic heterocycles. The van der Waals surface area contributed by atoms with Gasteiger partial charge in [0.1, 0.15) is 5.82 Å². The van der Waals surface area contributed by atoms with E-state index in [0.29, 0.717) is 12.1 Å². The zero-order valence-corrected chi connectivity index (χ0v) is 8.03. The summed E-state index contributed by atoms with van der Waals surface area (Å²) < 4.78 is 0. The van der Waals surface area contributed by atoms with Crippen molar-refractivity contribution in [3.8, 4) is 0 Å². The molecule has 1 radical (unpaired) electrons. The number of hydrogen-bond donors (Lipinski definition) is 2. The predicted octanol–water partition coefficient (Wildman–Crippen LogP) is 1.14. The van der Waals surface area contributed by atoms with Crippen LogP contribution in [0.15, 0.2) is 36.7 Å². The maximum Gasteiger partial charge on any atom is 0.252 e. The third-order valence-electron chi connectivity index (χ3n) is 1.92. The topological polar surface area (TPSA) is 57.8 Å². The Morgan fingerprint density at radius 3 is 3.13 bits per heavy atom. The van der Waals surface area contributed by atoms with Gasteiger partial charge in [-0.25, -0.2) is 4.98 Å². The first-order chi connectivity index (χ1) is 7.36. The van der Waals surface area contributed by atoms with E-state index in [2.05, 4.69) is 21.4 Å². The zero-order chi connectivity index (χ0) is 10.5. The molecule has 0 atom stereocenters. The lowest BCUT2D eigenvalue weighted by atomic mass is 10.2. The third kappa shape index (κ3) is 2.43. The van der Waals surface area contributed by atoms with Gasteiger partial charge >= 0.3 is 0 Å². The number of nitrogens with one attached hydrogen (secondary N) is 2. The van der Waals surface area contributed by atoms with Crippen molar-refractivity contribution in [2.45, 2.75) is 6.54 Å². The smallest absolute Gasteiger partial charge is 0.252 e. The van der Waals surface area contributed by atoms with Crippen molar-refractivity contribution in [1.29, 1.82) is 0 Å². The number of carbonyl (C=O) groups excluding carboxylic acids is 1. The monoisotopic (exact) mass is 200 g/mol. The van der Waals surface area contributed by atoms with E-state index in [-0.39, 0.29) is 5.91 Å². The Bertz CT molecular complexity index is 422. The summed E-state index contributed by atoms with van der Waals surface area (Å²) in [7, 11) is 0. The maximum absolute atomic E-state index is 11.6. The van der Waals surface area contributed by atoms with Gasteiger partial charge in [0.05, 0.1) is 6.54 Å². The highest BCUT2D eigenvalue weighted by atomic mass is 16.1. The number of benzene rings is 1. The standard InChI is InChI=1S/C11H10N3O/c15-11(9-4-2-1-3-5-9)14-8-10-12-6-7-13-10/h1-4,6-7H,8H2,(H,12,13)(H,14,15). The van der Waals surface area contributed by atoms with Gasteiger partial charge in [-0.15, -0.1) is 0 Å². The Kier molecular flexibility index (Phi) is 2.78. The first-order valence-electron chi connectivity index (χ1n) is 4.59. The molecular formula is C11H10N3O. The number of H-pyrrole nitrogens is 1. The Hall–Kier alpha value is -2.10. The normalized spacial score (nSPS) is 9.87. The molecule has 0 aliphatic heterocycles. The minimum absolute atomic E-state index is 0.146. The van der Waals surface area contributed by atoms with Gasteiger partial charge in [0.2, 0.25) is 0 Å². The SMILES string of the molecule is O=C(NCc1ncc[nH]1)c1[c]cccc1. The van der Waals surface area contributed by atoms with Crippen LogP contribution in [0, 0.1) is 6.07 Å². The van der Waals surface area contributed by atoms with Gasteiger partial charge in [0.25, 0.3) is 5.91 Å². The first kappa shape index (κ1) is 9.45. The van der Waals surface area contributed by atoms with Crippen molar-refractivity contribution in [2.24, 2.45) is 0 Å². The number of imidazole rings is 1. The second-order valence-corrected chi connectivity index (χ2v) is 2.99. The summed E-state index contributed by atoms with van der Waals surface area (Å²) >= 11 is 0. The molecule has 1 heterocycles. The van der Waals surface area contributed by atoms with E-state index in [4.69, 9.17) is 0 Å². The number of aromatic nitrogens is 2. The zero-order valence-electron chi connectivity index (χ0n) is 8.03. The van der Waals surface area contributed by atoms with E-state index < -0.39 is 0 Å². The van der Waals surface area contributed by atoms with Crippen molar-refractivity contribution >= 4 is 5.91 Å². The van der Waals surface area contributed by atoms with Crippen molar-refractivity contribution in [3.05, 3.63) is 54.1 Å². The fourth-order valence-corrected chi connectivity index (χ4v) is 1.19. The van der Waals surface area contributed by atoms with Crippen LogP contribution in [0.5, 0.6) is 0 Å². The van der Waals surface area contributed by atoms with Crippen LogP contribution in [-0.4, -0.2) is 15.9 Å². The van der Waals surface area contributed by atoms with E-state index in [1.165, 1.54) is 0 Å². The number of amides is 1. The van der Waals surface area contributed by atoms with Gasteiger partial charge in [-0.3, -0.25) is 4.79 Å². The molecule has 2 rings (SSSR count). The molecule has 0 unspecified atom stereocenters. The maximum atomic E-state index is 11.6. The molecule has 0 saturated heterocycles. The Morgan fingerprint density at radius 2 is 2.47 bits per heavy atom. The van der Waals surface area contributed by atoms with Crippen LogP contribution in [0.2, 0.25) is 0 Å². The average molecular weight is 200 g/mol. The number of hydrogen-bond acceptors (Lipinski definition) is 2. The Morgan fingerprint density at radius 1 is 1.53 bits per heavy atom. The van der Waals surface area contributed by atoms with E-state index >= 15 is 0 Å². The third-order valence-corrected chi connectivity index (χ3v) is 1.92. The minimum Gasteiger partial charge on any atom is -0.347 e. The van der Waals surface area contributed by atoms with Gasteiger partial charge in [-0.05, 0) is 12.1 Å². The van der Waals surface area contributed by atoms with Crippen molar-refractivity contribution < 1.29 is 4.79 Å². The van der Waals surface area contributed by atoms with E-state index in [1.54, 1.807) is 30.6 Å². The number of aromatic amines is 1. The Balaban J connectivity index is 1.94. The average Bonchev–Trinajstić information content (AvgIpc) is 2.80. The lowest BCUT2D eigenvalue weighted by molar-refractivity contribution is 0.0949. The number of rotatable bonds is 3. The van der Waals surface area contributed by atoms with E-state index in [0.717, 1.165) is 5.82 Å². The predicted molar refractivity (Wildman–Crippen MR) is 55.0 cm³/mol. The van der Waals surface area contributed by atoms with Crippen molar-refractivity contribution in [3.63, 3.8) is 0 Å². The molecule has 75 valence electrons. The molecule has 0 aliphatic rings. The van der Waals surface area contributed by atoms with Crippen molar-refractivity contribution in [1.82, 2.24) is 15.3 Å². The fourth-order valence-electron chi connectivity index (χ4n) is 1.19. The van der Waals surface area contributed by atoms with Crippen LogP contribution < -0.4 is 5.32 Å². The molecule has 0 spiro atoms. The summed E-state index contributed by atoms with van der Waals surface area (Å²) in [6.07, 6.45) is 3.37. The van der Waals surface area contributed by atoms with Crippen LogP contribution in [0.3, 0.4) is 0 Å². The summed E-state index contributed by atoms with van der Waals surface area (Å²) in [4.78, 5) is 18.5. The van der Waals surface area contributed by atoms with Crippen LogP contribution in [-0.2, 0) is 6.54 Å². The van der Waals surface area contributed by atoms with Crippen LogP contribution in [0.4, 0.5) is 0 Å². The molecule has 2 N–H and O–H groups in total. The summed E-state index contributed by atoms with van der Waals surface area (Å²) in [5, 5.41) is 2.74. The molecular weight excluding hydrogens is 190 g/mol. The highest BCUT2D eigenvalue weighted by molar-refractivity contribution is 5.93. The van der Waals surface area contributed by atoms with Crippen molar-refractivity contribution in [2.75, 3.05) is 0 Å². The lowest BCUT2D eigenvalue weighted by Gasteiger charge is -2.02. The minimum atomic E-state index is -0.146. The highest BCUT2D eigenvalue weighted by Gasteiger charge is 2.04. The first-order valence-corrected chi connectivity index (χ1v) is 4.59. The molecule has 0 bridgehead atoms. The second kappa shape index (κ2) is 4.41. The molecule has 15 heavy (non-hydrogen) atoms. The van der Waals surface area contributed by atoms with Gasteiger partial charge in [0, 0.05) is 18.0 Å². The molecule has 2 aromatic rings. The molecule has 0 aliphatic carbocycles. The number of nitrogens with zero attached hydrogens (tertiary/aromatic N) is 1. The molecule has 4 nitrogen and oxygen atoms in total. The molecule has 0 fully saturated rings. The van der Waals surface area contributed by atoms with Gasteiger partial charge < -0.3 is 10.3 Å². The quantitative estimate of drug-likeness (QED) is 0.780. The van der Waals surface area contributed by atoms with Gasteiger partial charge in [-0.2, -0.15) is 0 Å². The van der Waals surface area contributed by atoms with E-state index in [9.17, 15) is 4.79 Å². The van der Waals surface area contributed by atoms with Gasteiger partial charge in [-0.1, -0.05) is 18.2 Å². The molecule has 0 saturated carbocycles. The van der Waals surface area contributed by atoms with Gasteiger partial charge in [0.15, 0.2) is 0 Å². The lowest BCUT2D eigenvalue weighted by Crippen LogP contribution is -2.23. The molecule has 4 heteroatoms. The van der Waals surface area contributed by atoms with Crippen LogP contribution in [0.25, 0.3) is 0 Å². The fraction of sp³-hybridized carbons (Fsp3) is 0.0909. The van der Waals surface area contributed by atoms with E-state index in [1.807, 2.05) is 6.07 Å². The molecule has 1 amide bonds. The Labute approximate surface area is 87.4 Å². The second-order valence-electron chi connectivity index (χ2n) is 2.99. The summed E-state index contributed by atoms with van der Waals surface area (Å²) in [6.45, 7) is 0.397. The molecule has 1 aromatic carbocycles. The van der Waals surface area contributed by atoms with Crippen LogP contribution >= 0.6 is 0 Å². The summed E-state index contributed by atoms with van der Waals surface area (Å²) in [5.41, 5.74) is 0.532. The largest absolute Gasteiger partial charge is 0.347 e. The summed E-state index contributed by atoms with van der Waals surface area (Å²) in [5.74, 6) is 0.589.